The van der Waals surface area contributed by atoms with Crippen LogP contribution in [0, 0.1) is 5.41 Å². The maximum Gasteiger partial charge on any atom is 0.0676 e. The van der Waals surface area contributed by atoms with Gasteiger partial charge in [0.05, 0.1) is 5.60 Å². The molecule has 0 amide bonds. The van der Waals surface area contributed by atoms with Crippen molar-refractivity contribution in [2.75, 3.05) is 7.11 Å². The van der Waals surface area contributed by atoms with Crippen LogP contribution in [0.3, 0.4) is 0 Å². The zero-order valence-corrected chi connectivity index (χ0v) is 8.24. The van der Waals surface area contributed by atoms with Gasteiger partial charge in [0.15, 0.2) is 0 Å². The molecule has 0 radical (unpaired) electrons. The van der Waals surface area contributed by atoms with Crippen molar-refractivity contribution in [3.8, 4) is 0 Å². The van der Waals surface area contributed by atoms with Crippen LogP contribution in [0.5, 0.6) is 0 Å². The number of hydrogen-bond donors (Lipinski definition) is 0. The second-order valence-corrected chi connectivity index (χ2v) is 4.48. The Morgan fingerprint density at radius 3 is 2.00 bits per heavy atom. The van der Waals surface area contributed by atoms with Crippen molar-refractivity contribution in [2.24, 2.45) is 5.41 Å². The highest BCUT2D eigenvalue weighted by atomic mass is 16.5. The van der Waals surface area contributed by atoms with E-state index in [2.05, 4.69) is 20.8 Å². The number of rotatable bonds is 2. The zero-order chi connectivity index (χ0) is 8.54. The van der Waals surface area contributed by atoms with Crippen LogP contribution in [0.1, 0.15) is 46.5 Å². The van der Waals surface area contributed by atoms with E-state index in [-0.39, 0.29) is 5.60 Å². The molecule has 0 aromatic rings. The van der Waals surface area contributed by atoms with E-state index in [9.17, 15) is 0 Å². The van der Waals surface area contributed by atoms with E-state index in [1.807, 2.05) is 7.11 Å². The van der Waals surface area contributed by atoms with Crippen LogP contribution >= 0.6 is 0 Å². The third-order valence-electron chi connectivity index (χ3n) is 3.67. The fraction of sp³-hybridized carbons (Fsp3) is 1.00. The Morgan fingerprint density at radius 1 is 1.18 bits per heavy atom. The van der Waals surface area contributed by atoms with E-state index in [0.717, 1.165) is 0 Å². The molecule has 0 heterocycles. The first-order valence-corrected chi connectivity index (χ1v) is 4.57. The summed E-state index contributed by atoms with van der Waals surface area (Å²) in [6.07, 6.45) is 5.41. The first-order valence-electron chi connectivity index (χ1n) is 4.57. The van der Waals surface area contributed by atoms with Crippen molar-refractivity contribution in [1.82, 2.24) is 0 Å². The highest BCUT2D eigenvalue weighted by Gasteiger charge is 2.42. The van der Waals surface area contributed by atoms with Gasteiger partial charge in [-0.25, -0.2) is 0 Å². The lowest BCUT2D eigenvalue weighted by molar-refractivity contribution is -0.0763. The summed E-state index contributed by atoms with van der Waals surface area (Å²) in [6, 6.07) is 0. The predicted octanol–water partition coefficient (Wildman–Crippen LogP) is 2.99. The topological polar surface area (TPSA) is 9.23 Å². The third kappa shape index (κ3) is 1.44. The van der Waals surface area contributed by atoms with Crippen LogP contribution in [0.25, 0.3) is 0 Å². The van der Waals surface area contributed by atoms with Crippen molar-refractivity contribution in [2.45, 2.75) is 52.1 Å². The van der Waals surface area contributed by atoms with Gasteiger partial charge in [0, 0.05) is 7.11 Å². The molecule has 0 saturated heterocycles. The molecule has 0 bridgehead atoms. The number of hydrogen-bond acceptors (Lipinski definition) is 1. The summed E-state index contributed by atoms with van der Waals surface area (Å²) in [5.74, 6) is 0. The van der Waals surface area contributed by atoms with E-state index in [4.69, 9.17) is 4.74 Å². The molecule has 1 aliphatic carbocycles. The molecule has 1 nitrogen and oxygen atoms in total. The highest BCUT2D eigenvalue weighted by Crippen LogP contribution is 2.47. The fourth-order valence-electron chi connectivity index (χ4n) is 2.00. The molecule has 1 saturated carbocycles. The summed E-state index contributed by atoms with van der Waals surface area (Å²) in [7, 11) is 1.82. The summed E-state index contributed by atoms with van der Waals surface area (Å²) < 4.78 is 5.52. The lowest BCUT2D eigenvalue weighted by atomic mass is 9.74. The maximum atomic E-state index is 5.52. The zero-order valence-electron chi connectivity index (χ0n) is 8.24. The van der Waals surface area contributed by atoms with Gasteiger partial charge in [0.2, 0.25) is 0 Å². The first-order chi connectivity index (χ1) is 5.02. The van der Waals surface area contributed by atoms with E-state index in [0.29, 0.717) is 5.41 Å². The van der Waals surface area contributed by atoms with Gasteiger partial charge in [0.1, 0.15) is 0 Å². The van der Waals surface area contributed by atoms with Gasteiger partial charge in [-0.05, 0) is 32.1 Å². The van der Waals surface area contributed by atoms with Crippen molar-refractivity contribution < 1.29 is 4.74 Å². The Balaban J connectivity index is 2.69. The van der Waals surface area contributed by atoms with Crippen LogP contribution in [0.4, 0.5) is 0 Å². The van der Waals surface area contributed by atoms with Gasteiger partial charge in [0.25, 0.3) is 0 Å². The molecular weight excluding hydrogens is 136 g/mol. The SMILES string of the molecule is COC(C)(C)C1(C)CCCC1. The smallest absolute Gasteiger partial charge is 0.0676 e. The molecule has 0 unspecified atom stereocenters. The molecule has 0 atom stereocenters. The quantitative estimate of drug-likeness (QED) is 0.597. The van der Waals surface area contributed by atoms with Crippen LogP contribution in [0.15, 0.2) is 0 Å². The fourth-order valence-corrected chi connectivity index (χ4v) is 2.00. The second-order valence-electron chi connectivity index (χ2n) is 4.48. The molecule has 0 spiro atoms. The minimum atomic E-state index is 0.0590. The highest BCUT2D eigenvalue weighted by molar-refractivity contribution is 4.94. The van der Waals surface area contributed by atoms with Crippen LogP contribution in [-0.4, -0.2) is 12.7 Å². The average molecular weight is 156 g/mol. The van der Waals surface area contributed by atoms with E-state index in [1.165, 1.54) is 25.7 Å². The summed E-state index contributed by atoms with van der Waals surface area (Å²) in [5, 5.41) is 0. The van der Waals surface area contributed by atoms with Gasteiger partial charge in [-0.15, -0.1) is 0 Å². The second kappa shape index (κ2) is 2.78. The summed E-state index contributed by atoms with van der Waals surface area (Å²) in [5.41, 5.74) is 0.477. The summed E-state index contributed by atoms with van der Waals surface area (Å²) in [6.45, 7) is 6.76. The molecule has 0 aliphatic heterocycles. The van der Waals surface area contributed by atoms with E-state index < -0.39 is 0 Å². The predicted molar refractivity (Wildman–Crippen MR) is 47.7 cm³/mol. The molecular formula is C10H20O. The average Bonchev–Trinajstić information content (AvgIpc) is 2.38. The minimum absolute atomic E-state index is 0.0590. The number of ether oxygens (including phenoxy) is 1. The van der Waals surface area contributed by atoms with Gasteiger partial charge < -0.3 is 4.74 Å². The Labute approximate surface area is 70.1 Å². The summed E-state index contributed by atoms with van der Waals surface area (Å²) in [4.78, 5) is 0. The van der Waals surface area contributed by atoms with Crippen molar-refractivity contribution in [3.63, 3.8) is 0 Å². The van der Waals surface area contributed by atoms with Gasteiger partial charge in [-0.1, -0.05) is 19.8 Å². The lowest BCUT2D eigenvalue weighted by Gasteiger charge is -2.40. The largest absolute Gasteiger partial charge is 0.378 e. The molecule has 1 fully saturated rings. The maximum absolute atomic E-state index is 5.52. The number of methoxy groups -OCH3 is 1. The van der Waals surface area contributed by atoms with Crippen molar-refractivity contribution >= 4 is 0 Å². The molecule has 66 valence electrons. The van der Waals surface area contributed by atoms with E-state index in [1.54, 1.807) is 0 Å². The Morgan fingerprint density at radius 2 is 1.64 bits per heavy atom. The Hall–Kier alpha value is -0.0400. The molecule has 1 heteroatoms. The van der Waals surface area contributed by atoms with Crippen molar-refractivity contribution in [3.05, 3.63) is 0 Å². The lowest BCUT2D eigenvalue weighted by Crippen LogP contribution is -2.40. The molecule has 1 rings (SSSR count). The molecule has 0 aromatic carbocycles. The normalized spacial score (nSPS) is 24.0. The standard InChI is InChI=1S/C10H20O/c1-9(2,11-4)10(3)7-5-6-8-10/h5-8H2,1-4H3. The van der Waals surface area contributed by atoms with Crippen LogP contribution in [-0.2, 0) is 4.74 Å². The molecule has 11 heavy (non-hydrogen) atoms. The molecule has 0 aromatic heterocycles. The van der Waals surface area contributed by atoms with Crippen molar-refractivity contribution in [1.29, 1.82) is 0 Å². The minimum Gasteiger partial charge on any atom is -0.378 e. The summed E-state index contributed by atoms with van der Waals surface area (Å²) >= 11 is 0. The van der Waals surface area contributed by atoms with Crippen LogP contribution in [0.2, 0.25) is 0 Å². The van der Waals surface area contributed by atoms with Gasteiger partial charge in [-0.2, -0.15) is 0 Å². The van der Waals surface area contributed by atoms with Gasteiger partial charge in [-0.3, -0.25) is 0 Å². The van der Waals surface area contributed by atoms with E-state index >= 15 is 0 Å². The Bertz CT molecular complexity index is 132. The monoisotopic (exact) mass is 156 g/mol. The van der Waals surface area contributed by atoms with Gasteiger partial charge >= 0.3 is 0 Å². The molecule has 1 aliphatic rings. The Kier molecular flexibility index (Phi) is 2.29. The third-order valence-corrected chi connectivity index (χ3v) is 3.67. The first kappa shape index (κ1) is 9.05. The van der Waals surface area contributed by atoms with Crippen LogP contribution < -0.4 is 0 Å². The molecule has 0 N–H and O–H groups in total.